The van der Waals surface area contributed by atoms with Crippen LogP contribution in [0.4, 0.5) is 0 Å². The zero-order chi connectivity index (χ0) is 15.1. The Kier molecular flexibility index (Phi) is 3.05. The van der Waals surface area contributed by atoms with E-state index in [1.807, 2.05) is 17.7 Å². The van der Waals surface area contributed by atoms with Crippen LogP contribution in [0.3, 0.4) is 0 Å². The molecule has 3 rings (SSSR count). The van der Waals surface area contributed by atoms with Crippen LogP contribution in [0.25, 0.3) is 22.0 Å². The van der Waals surface area contributed by atoms with Crippen molar-refractivity contribution in [3.63, 3.8) is 0 Å². The van der Waals surface area contributed by atoms with Gasteiger partial charge in [0.25, 0.3) is 0 Å². The molecule has 0 saturated carbocycles. The first-order chi connectivity index (χ1) is 9.97. The van der Waals surface area contributed by atoms with Crippen LogP contribution in [0, 0.1) is 13.8 Å². The number of carboxylic acids is 1. The van der Waals surface area contributed by atoms with Gasteiger partial charge in [0.15, 0.2) is 0 Å². The zero-order valence-corrected chi connectivity index (χ0v) is 12.3. The van der Waals surface area contributed by atoms with Crippen molar-refractivity contribution in [1.29, 1.82) is 0 Å². The molecule has 0 spiro atoms. The number of rotatable bonds is 2. The number of aromatic carboxylic acids is 1. The maximum absolute atomic E-state index is 11.1. The second kappa shape index (κ2) is 4.77. The van der Waals surface area contributed by atoms with Gasteiger partial charge in [-0.25, -0.2) is 4.79 Å². The second-order valence-electron chi connectivity index (χ2n) is 5.51. The largest absolute Gasteiger partial charge is 0.478 e. The first kappa shape index (κ1) is 13.4. The van der Waals surface area contributed by atoms with E-state index in [1.165, 1.54) is 16.7 Å². The summed E-state index contributed by atoms with van der Waals surface area (Å²) in [5.74, 6) is -0.897. The molecule has 0 amide bonds. The summed E-state index contributed by atoms with van der Waals surface area (Å²) in [5.41, 5.74) is 6.05. The molecule has 0 aliphatic heterocycles. The van der Waals surface area contributed by atoms with Crippen LogP contribution >= 0.6 is 0 Å². The Bertz CT molecular complexity index is 859. The van der Waals surface area contributed by atoms with Crippen molar-refractivity contribution in [1.82, 2.24) is 4.57 Å². The highest BCUT2D eigenvalue weighted by Gasteiger charge is 2.13. The summed E-state index contributed by atoms with van der Waals surface area (Å²) in [6.45, 7) is 4.19. The molecule has 3 heteroatoms. The highest BCUT2D eigenvalue weighted by atomic mass is 16.4. The molecule has 2 aromatic carbocycles. The third-order valence-electron chi connectivity index (χ3n) is 3.91. The van der Waals surface area contributed by atoms with Gasteiger partial charge in [-0.15, -0.1) is 0 Å². The maximum atomic E-state index is 11.1. The molecule has 0 unspecified atom stereocenters. The topological polar surface area (TPSA) is 42.2 Å². The van der Waals surface area contributed by atoms with Crippen LogP contribution in [0.5, 0.6) is 0 Å². The van der Waals surface area contributed by atoms with Gasteiger partial charge in [-0.2, -0.15) is 0 Å². The van der Waals surface area contributed by atoms with Gasteiger partial charge in [0.2, 0.25) is 0 Å². The van der Waals surface area contributed by atoms with E-state index in [4.69, 9.17) is 5.11 Å². The number of carboxylic acid groups (broad SMARTS) is 1. The SMILES string of the molecule is Cc1ccc(-c2cn(C)c3cc(C(=O)O)ccc23)c(C)c1. The number of aryl methyl sites for hydroxylation is 3. The normalized spacial score (nSPS) is 11.0. The molecular formula is C18H17NO2. The summed E-state index contributed by atoms with van der Waals surface area (Å²) in [5, 5.41) is 10.2. The molecule has 21 heavy (non-hydrogen) atoms. The van der Waals surface area contributed by atoms with Crippen molar-refractivity contribution in [2.45, 2.75) is 13.8 Å². The van der Waals surface area contributed by atoms with Gasteiger partial charge in [-0.3, -0.25) is 0 Å². The average Bonchev–Trinajstić information content (AvgIpc) is 2.75. The Morgan fingerprint density at radius 1 is 1.05 bits per heavy atom. The van der Waals surface area contributed by atoms with Crippen LogP contribution in [0.15, 0.2) is 42.6 Å². The molecular weight excluding hydrogens is 262 g/mol. The minimum atomic E-state index is -0.897. The molecule has 0 fully saturated rings. The summed E-state index contributed by atoms with van der Waals surface area (Å²) in [7, 11) is 1.95. The van der Waals surface area contributed by atoms with E-state index in [1.54, 1.807) is 12.1 Å². The zero-order valence-electron chi connectivity index (χ0n) is 12.3. The first-order valence-electron chi connectivity index (χ1n) is 6.87. The Morgan fingerprint density at radius 3 is 2.48 bits per heavy atom. The van der Waals surface area contributed by atoms with E-state index >= 15 is 0 Å². The first-order valence-corrected chi connectivity index (χ1v) is 6.87. The van der Waals surface area contributed by atoms with E-state index in [-0.39, 0.29) is 0 Å². The molecule has 0 aliphatic rings. The van der Waals surface area contributed by atoms with E-state index < -0.39 is 5.97 Å². The molecule has 0 radical (unpaired) electrons. The van der Waals surface area contributed by atoms with Gasteiger partial charge in [-0.05, 0) is 37.1 Å². The van der Waals surface area contributed by atoms with E-state index in [0.29, 0.717) is 5.56 Å². The highest BCUT2D eigenvalue weighted by Crippen LogP contribution is 2.33. The van der Waals surface area contributed by atoms with Crippen molar-refractivity contribution >= 4 is 16.9 Å². The molecule has 0 saturated heterocycles. The minimum absolute atomic E-state index is 0.316. The molecule has 1 aromatic heterocycles. The number of nitrogens with zero attached hydrogens (tertiary/aromatic N) is 1. The quantitative estimate of drug-likeness (QED) is 0.765. The number of aromatic nitrogens is 1. The molecule has 3 aromatic rings. The molecule has 0 aliphatic carbocycles. The fraction of sp³-hybridized carbons (Fsp3) is 0.167. The van der Waals surface area contributed by atoms with Gasteiger partial charge >= 0.3 is 5.97 Å². The molecule has 1 heterocycles. The monoisotopic (exact) mass is 279 g/mol. The number of hydrogen-bond donors (Lipinski definition) is 1. The molecule has 0 bridgehead atoms. The lowest BCUT2D eigenvalue weighted by atomic mass is 9.98. The molecule has 3 nitrogen and oxygen atoms in total. The van der Waals surface area contributed by atoms with Crippen LogP contribution < -0.4 is 0 Å². The second-order valence-corrected chi connectivity index (χ2v) is 5.51. The van der Waals surface area contributed by atoms with Gasteiger partial charge in [0, 0.05) is 29.7 Å². The fourth-order valence-electron chi connectivity index (χ4n) is 2.85. The lowest BCUT2D eigenvalue weighted by Gasteiger charge is -2.06. The fourth-order valence-corrected chi connectivity index (χ4v) is 2.85. The van der Waals surface area contributed by atoms with E-state index in [0.717, 1.165) is 16.5 Å². The third kappa shape index (κ3) is 2.21. The Morgan fingerprint density at radius 2 is 1.81 bits per heavy atom. The lowest BCUT2D eigenvalue weighted by Crippen LogP contribution is -1.96. The standard InChI is InChI=1S/C18H17NO2/c1-11-4-6-14(12(2)8-11)16-10-19(3)17-9-13(18(20)21)5-7-15(16)17/h4-10H,1-3H3,(H,20,21). The number of hydrogen-bond acceptors (Lipinski definition) is 1. The molecule has 106 valence electrons. The highest BCUT2D eigenvalue weighted by molar-refractivity contribution is 6.00. The number of benzene rings is 2. The number of fused-ring (bicyclic) bond motifs is 1. The van der Waals surface area contributed by atoms with Crippen molar-refractivity contribution in [3.05, 3.63) is 59.3 Å². The van der Waals surface area contributed by atoms with Crippen LogP contribution in [0.1, 0.15) is 21.5 Å². The molecule has 0 atom stereocenters. The minimum Gasteiger partial charge on any atom is -0.478 e. The van der Waals surface area contributed by atoms with E-state index in [2.05, 4.69) is 38.2 Å². The summed E-state index contributed by atoms with van der Waals surface area (Å²) in [6.07, 6.45) is 2.06. The van der Waals surface area contributed by atoms with Crippen LogP contribution in [-0.2, 0) is 7.05 Å². The van der Waals surface area contributed by atoms with Gasteiger partial charge in [0.1, 0.15) is 0 Å². The van der Waals surface area contributed by atoms with Crippen molar-refractivity contribution in [2.75, 3.05) is 0 Å². The Hall–Kier alpha value is -2.55. The summed E-state index contributed by atoms with van der Waals surface area (Å²) in [4.78, 5) is 11.1. The van der Waals surface area contributed by atoms with Gasteiger partial charge in [0.05, 0.1) is 5.56 Å². The third-order valence-corrected chi connectivity index (χ3v) is 3.91. The number of carbonyl (C=O) groups is 1. The predicted molar refractivity (Wildman–Crippen MR) is 84.8 cm³/mol. The van der Waals surface area contributed by atoms with Gasteiger partial charge < -0.3 is 9.67 Å². The summed E-state index contributed by atoms with van der Waals surface area (Å²) in [6, 6.07) is 11.7. The Balaban J connectivity index is 2.27. The predicted octanol–water partition coefficient (Wildman–Crippen LogP) is 4.16. The smallest absolute Gasteiger partial charge is 0.335 e. The van der Waals surface area contributed by atoms with Crippen molar-refractivity contribution < 1.29 is 9.90 Å². The van der Waals surface area contributed by atoms with Crippen LogP contribution in [0.2, 0.25) is 0 Å². The lowest BCUT2D eigenvalue weighted by molar-refractivity contribution is 0.0697. The summed E-state index contributed by atoms with van der Waals surface area (Å²) >= 11 is 0. The van der Waals surface area contributed by atoms with Crippen LogP contribution in [-0.4, -0.2) is 15.6 Å². The van der Waals surface area contributed by atoms with E-state index in [9.17, 15) is 4.79 Å². The summed E-state index contributed by atoms with van der Waals surface area (Å²) < 4.78 is 1.98. The molecule has 1 N–H and O–H groups in total. The average molecular weight is 279 g/mol. The van der Waals surface area contributed by atoms with Crippen molar-refractivity contribution in [3.8, 4) is 11.1 Å². The Labute approximate surface area is 123 Å². The van der Waals surface area contributed by atoms with Gasteiger partial charge in [-0.1, -0.05) is 29.8 Å². The maximum Gasteiger partial charge on any atom is 0.335 e. The van der Waals surface area contributed by atoms with Crippen molar-refractivity contribution in [2.24, 2.45) is 7.05 Å².